The van der Waals surface area contributed by atoms with E-state index in [-0.39, 0.29) is 11.2 Å². The third-order valence-corrected chi connectivity index (χ3v) is 2.79. The molecular formula is C12H21N3O2. The van der Waals surface area contributed by atoms with Crippen LogP contribution in [0.4, 0.5) is 0 Å². The van der Waals surface area contributed by atoms with E-state index in [9.17, 15) is 9.59 Å². The monoisotopic (exact) mass is 239 g/mol. The smallest absolute Gasteiger partial charge is 0.312 e. The molecule has 1 aromatic heterocycles. The van der Waals surface area contributed by atoms with Crippen LogP contribution in [0.3, 0.4) is 0 Å². The summed E-state index contributed by atoms with van der Waals surface area (Å²) in [5.74, 6) is 0. The van der Waals surface area contributed by atoms with Crippen LogP contribution >= 0.6 is 0 Å². The number of aryl methyl sites for hydroxylation is 1. The minimum atomic E-state index is -0.262. The maximum absolute atomic E-state index is 11.7. The summed E-state index contributed by atoms with van der Waals surface area (Å²) in [6, 6.07) is 1.83. The van der Waals surface area contributed by atoms with Crippen LogP contribution in [0.15, 0.2) is 21.9 Å². The van der Waals surface area contributed by atoms with Crippen molar-refractivity contribution < 1.29 is 0 Å². The summed E-state index contributed by atoms with van der Waals surface area (Å²) in [5.41, 5.74) is -0.500. The standard InChI is InChI=1S/C12H21N3O2/c1-4-5-10(2)13-7-9-15-11(16)6-8-14(3)12(15)17/h6,8,10,13H,4-5,7,9H2,1-3H3. The number of aromatic nitrogens is 2. The minimum Gasteiger partial charge on any atom is -0.312 e. The lowest BCUT2D eigenvalue weighted by Crippen LogP contribution is -2.41. The quantitative estimate of drug-likeness (QED) is 0.778. The summed E-state index contributed by atoms with van der Waals surface area (Å²) in [6.07, 6.45) is 3.72. The zero-order valence-electron chi connectivity index (χ0n) is 10.8. The summed E-state index contributed by atoms with van der Waals surface area (Å²) >= 11 is 0. The molecule has 1 unspecified atom stereocenters. The van der Waals surface area contributed by atoms with Crippen molar-refractivity contribution in [2.45, 2.75) is 39.3 Å². The first-order valence-electron chi connectivity index (χ1n) is 6.06. The Kier molecular flexibility index (Phi) is 5.15. The van der Waals surface area contributed by atoms with Gasteiger partial charge in [-0.05, 0) is 13.3 Å². The summed E-state index contributed by atoms with van der Waals surface area (Å²) in [7, 11) is 1.64. The Bertz CT molecular complexity index is 462. The van der Waals surface area contributed by atoms with Crippen molar-refractivity contribution in [3.05, 3.63) is 33.1 Å². The van der Waals surface area contributed by atoms with E-state index in [1.54, 1.807) is 7.05 Å². The third-order valence-electron chi connectivity index (χ3n) is 2.79. The molecule has 0 aromatic carbocycles. The van der Waals surface area contributed by atoms with Gasteiger partial charge < -0.3 is 9.88 Å². The van der Waals surface area contributed by atoms with E-state index in [4.69, 9.17) is 0 Å². The first kappa shape index (κ1) is 13.7. The highest BCUT2D eigenvalue weighted by molar-refractivity contribution is 4.85. The van der Waals surface area contributed by atoms with Gasteiger partial charge in [0.25, 0.3) is 5.56 Å². The van der Waals surface area contributed by atoms with Crippen LogP contribution in [-0.2, 0) is 13.6 Å². The molecule has 96 valence electrons. The van der Waals surface area contributed by atoms with Crippen LogP contribution in [0.25, 0.3) is 0 Å². The van der Waals surface area contributed by atoms with E-state index in [0.717, 1.165) is 12.8 Å². The van der Waals surface area contributed by atoms with Crippen LogP contribution in [0.1, 0.15) is 26.7 Å². The van der Waals surface area contributed by atoms with E-state index in [1.165, 1.54) is 21.4 Å². The largest absolute Gasteiger partial charge is 0.330 e. The van der Waals surface area contributed by atoms with Crippen molar-refractivity contribution in [3.63, 3.8) is 0 Å². The Morgan fingerprint density at radius 3 is 2.76 bits per heavy atom. The zero-order chi connectivity index (χ0) is 12.8. The van der Waals surface area contributed by atoms with Gasteiger partial charge in [0, 0.05) is 38.4 Å². The lowest BCUT2D eigenvalue weighted by atomic mass is 10.2. The molecule has 1 N–H and O–H groups in total. The van der Waals surface area contributed by atoms with Crippen molar-refractivity contribution in [3.8, 4) is 0 Å². The van der Waals surface area contributed by atoms with Gasteiger partial charge in [-0.25, -0.2) is 4.79 Å². The Morgan fingerprint density at radius 2 is 2.12 bits per heavy atom. The molecule has 5 nitrogen and oxygen atoms in total. The van der Waals surface area contributed by atoms with Crippen LogP contribution in [0, 0.1) is 0 Å². The number of hydrogen-bond donors (Lipinski definition) is 1. The minimum absolute atomic E-state index is 0.238. The second-order valence-corrected chi connectivity index (χ2v) is 4.34. The average Bonchev–Trinajstić information content (AvgIpc) is 2.29. The van der Waals surface area contributed by atoms with Crippen molar-refractivity contribution >= 4 is 0 Å². The second-order valence-electron chi connectivity index (χ2n) is 4.34. The Morgan fingerprint density at radius 1 is 1.41 bits per heavy atom. The molecule has 0 saturated heterocycles. The first-order chi connectivity index (χ1) is 8.06. The molecule has 5 heteroatoms. The molecule has 0 aliphatic rings. The lowest BCUT2D eigenvalue weighted by Gasteiger charge is -2.13. The molecule has 1 rings (SSSR count). The van der Waals surface area contributed by atoms with Gasteiger partial charge in [0.15, 0.2) is 0 Å². The second kappa shape index (κ2) is 6.39. The summed E-state index contributed by atoms with van der Waals surface area (Å²) in [5, 5.41) is 3.30. The molecule has 0 aliphatic heterocycles. The molecular weight excluding hydrogens is 218 g/mol. The fraction of sp³-hybridized carbons (Fsp3) is 0.667. The molecule has 17 heavy (non-hydrogen) atoms. The number of rotatable bonds is 6. The molecule has 1 aromatic rings. The average molecular weight is 239 g/mol. The van der Waals surface area contributed by atoms with Gasteiger partial charge in [-0.2, -0.15) is 0 Å². The topological polar surface area (TPSA) is 56.0 Å². The number of hydrogen-bond acceptors (Lipinski definition) is 3. The van der Waals surface area contributed by atoms with E-state index >= 15 is 0 Å². The van der Waals surface area contributed by atoms with Crippen molar-refractivity contribution in [2.75, 3.05) is 6.54 Å². The summed E-state index contributed by atoms with van der Waals surface area (Å²) in [6.45, 7) is 5.30. The van der Waals surface area contributed by atoms with Gasteiger partial charge in [-0.3, -0.25) is 9.36 Å². The van der Waals surface area contributed by atoms with E-state index in [2.05, 4.69) is 19.2 Å². The predicted molar refractivity (Wildman–Crippen MR) is 68.3 cm³/mol. The fourth-order valence-corrected chi connectivity index (χ4v) is 1.78. The van der Waals surface area contributed by atoms with E-state index < -0.39 is 0 Å². The van der Waals surface area contributed by atoms with Gasteiger partial charge in [0.05, 0.1) is 0 Å². The zero-order valence-corrected chi connectivity index (χ0v) is 10.8. The highest BCUT2D eigenvalue weighted by Gasteiger charge is 2.03. The number of nitrogens with zero attached hydrogens (tertiary/aromatic N) is 2. The van der Waals surface area contributed by atoms with E-state index in [0.29, 0.717) is 19.1 Å². The summed E-state index contributed by atoms with van der Waals surface area (Å²) in [4.78, 5) is 23.2. The Hall–Kier alpha value is -1.36. The third kappa shape index (κ3) is 3.85. The maximum Gasteiger partial charge on any atom is 0.330 e. The van der Waals surface area contributed by atoms with Crippen molar-refractivity contribution in [1.82, 2.24) is 14.5 Å². The van der Waals surface area contributed by atoms with E-state index in [1.807, 2.05) is 0 Å². The van der Waals surface area contributed by atoms with Crippen LogP contribution in [0.5, 0.6) is 0 Å². The molecule has 0 saturated carbocycles. The van der Waals surface area contributed by atoms with Gasteiger partial charge in [0.1, 0.15) is 0 Å². The molecule has 0 aliphatic carbocycles. The molecule has 0 radical (unpaired) electrons. The molecule has 0 amide bonds. The predicted octanol–water partition coefficient (Wildman–Crippen LogP) is 0.325. The molecule has 1 heterocycles. The highest BCUT2D eigenvalue weighted by Crippen LogP contribution is 1.93. The van der Waals surface area contributed by atoms with Crippen LogP contribution in [0.2, 0.25) is 0 Å². The Labute approximate surface area is 101 Å². The molecule has 0 spiro atoms. The lowest BCUT2D eigenvalue weighted by molar-refractivity contribution is 0.471. The summed E-state index contributed by atoms with van der Waals surface area (Å²) < 4.78 is 2.67. The maximum atomic E-state index is 11.7. The van der Waals surface area contributed by atoms with Crippen molar-refractivity contribution in [1.29, 1.82) is 0 Å². The Balaban J connectivity index is 2.61. The fourth-order valence-electron chi connectivity index (χ4n) is 1.78. The number of nitrogens with one attached hydrogen (secondary N) is 1. The van der Waals surface area contributed by atoms with Crippen LogP contribution < -0.4 is 16.6 Å². The highest BCUT2D eigenvalue weighted by atomic mass is 16.2. The molecule has 0 fully saturated rings. The normalized spacial score (nSPS) is 12.6. The molecule has 1 atom stereocenters. The first-order valence-corrected chi connectivity index (χ1v) is 6.06. The molecule has 0 bridgehead atoms. The van der Waals surface area contributed by atoms with Gasteiger partial charge in [0.2, 0.25) is 0 Å². The van der Waals surface area contributed by atoms with Crippen molar-refractivity contribution in [2.24, 2.45) is 7.05 Å². The van der Waals surface area contributed by atoms with Gasteiger partial charge >= 0.3 is 5.69 Å². The van der Waals surface area contributed by atoms with Gasteiger partial charge in [-0.1, -0.05) is 13.3 Å². The SMILES string of the molecule is CCCC(C)NCCn1c(=O)ccn(C)c1=O. The van der Waals surface area contributed by atoms with Crippen LogP contribution in [-0.4, -0.2) is 21.7 Å². The van der Waals surface area contributed by atoms with Gasteiger partial charge in [-0.15, -0.1) is 0 Å².